The third-order valence-electron chi connectivity index (χ3n) is 6.40. The maximum Gasteiger partial charge on any atom is 0.228 e. The molecule has 170 valence electrons. The van der Waals surface area contributed by atoms with Crippen LogP contribution in [0.25, 0.3) is 5.69 Å². The van der Waals surface area contributed by atoms with Crippen LogP contribution in [-0.2, 0) is 16.1 Å². The van der Waals surface area contributed by atoms with Crippen molar-refractivity contribution in [2.45, 2.75) is 19.9 Å². The molecule has 1 aromatic heterocycles. The zero-order valence-corrected chi connectivity index (χ0v) is 18.7. The van der Waals surface area contributed by atoms with E-state index < -0.39 is 0 Å². The topological polar surface area (TPSA) is 87.5 Å². The van der Waals surface area contributed by atoms with Crippen LogP contribution in [0.5, 0.6) is 0 Å². The molecule has 0 aliphatic carbocycles. The minimum atomic E-state index is -0.282. The van der Waals surface area contributed by atoms with Gasteiger partial charge in [0.15, 0.2) is 5.82 Å². The Morgan fingerprint density at radius 3 is 2.42 bits per heavy atom. The summed E-state index contributed by atoms with van der Waals surface area (Å²) < 4.78 is 1.75. The monoisotopic (exact) mass is 445 g/mol. The van der Waals surface area contributed by atoms with E-state index in [1.54, 1.807) is 9.58 Å². The predicted octanol–water partition coefficient (Wildman–Crippen LogP) is 1.67. The average Bonchev–Trinajstić information content (AvgIpc) is 3.47. The molecular weight excluding hydrogens is 418 g/mol. The maximum absolute atomic E-state index is 13.1. The first-order chi connectivity index (χ1) is 16.1. The number of hydrogen-bond donors (Lipinski definition) is 0. The van der Waals surface area contributed by atoms with Gasteiger partial charge in [-0.3, -0.25) is 14.5 Å². The first kappa shape index (κ1) is 21.3. The molecule has 9 heteroatoms. The molecule has 0 spiro atoms. The molecule has 2 aliphatic rings. The van der Waals surface area contributed by atoms with E-state index in [1.165, 1.54) is 0 Å². The van der Waals surface area contributed by atoms with E-state index in [0.29, 0.717) is 26.2 Å². The van der Waals surface area contributed by atoms with Crippen LogP contribution in [0.4, 0.5) is 5.69 Å². The first-order valence-electron chi connectivity index (χ1n) is 11.3. The third kappa shape index (κ3) is 4.49. The largest absolute Gasteiger partial charge is 0.340 e. The number of rotatable bonds is 5. The van der Waals surface area contributed by atoms with Gasteiger partial charge in [0.1, 0.15) is 0 Å². The van der Waals surface area contributed by atoms with Gasteiger partial charge in [-0.25, -0.2) is 0 Å². The molecule has 5 rings (SSSR count). The Morgan fingerprint density at radius 2 is 1.70 bits per heavy atom. The van der Waals surface area contributed by atoms with E-state index in [1.807, 2.05) is 66.4 Å². The second-order valence-corrected chi connectivity index (χ2v) is 8.68. The molecular formula is C24H27N7O2. The Hall–Kier alpha value is -3.59. The van der Waals surface area contributed by atoms with Gasteiger partial charge in [0, 0.05) is 44.8 Å². The summed E-state index contributed by atoms with van der Waals surface area (Å²) in [5.41, 5.74) is 2.94. The fourth-order valence-corrected chi connectivity index (χ4v) is 4.51. The number of carbonyl (C=O) groups excluding carboxylic acids is 2. The van der Waals surface area contributed by atoms with E-state index in [2.05, 4.69) is 20.4 Å². The van der Waals surface area contributed by atoms with E-state index in [4.69, 9.17) is 0 Å². The number of para-hydroxylation sites is 1. The number of benzene rings is 2. The number of amides is 2. The summed E-state index contributed by atoms with van der Waals surface area (Å²) in [7, 11) is 0. The number of anilines is 1. The van der Waals surface area contributed by atoms with Crippen molar-refractivity contribution >= 4 is 17.5 Å². The molecule has 9 nitrogen and oxygen atoms in total. The van der Waals surface area contributed by atoms with Gasteiger partial charge >= 0.3 is 0 Å². The molecule has 2 aromatic carbocycles. The quantitative estimate of drug-likeness (QED) is 0.594. The molecule has 0 N–H and O–H groups in total. The summed E-state index contributed by atoms with van der Waals surface area (Å²) in [4.78, 5) is 31.6. The van der Waals surface area contributed by atoms with Crippen molar-refractivity contribution in [2.75, 3.05) is 37.6 Å². The van der Waals surface area contributed by atoms with Gasteiger partial charge < -0.3 is 9.80 Å². The van der Waals surface area contributed by atoms with E-state index in [0.717, 1.165) is 35.9 Å². The number of aromatic nitrogens is 4. The van der Waals surface area contributed by atoms with Crippen molar-refractivity contribution in [2.24, 2.45) is 5.92 Å². The van der Waals surface area contributed by atoms with Gasteiger partial charge in [-0.05, 0) is 41.6 Å². The maximum atomic E-state index is 13.1. The Bertz CT molecular complexity index is 1120. The van der Waals surface area contributed by atoms with E-state index >= 15 is 0 Å². The van der Waals surface area contributed by atoms with Crippen molar-refractivity contribution in [3.63, 3.8) is 0 Å². The van der Waals surface area contributed by atoms with Gasteiger partial charge in [-0.2, -0.15) is 4.68 Å². The minimum Gasteiger partial charge on any atom is -0.340 e. The number of tetrazole rings is 1. The lowest BCUT2D eigenvalue weighted by Gasteiger charge is -2.35. The highest BCUT2D eigenvalue weighted by molar-refractivity contribution is 6.00. The number of aryl methyl sites for hydroxylation is 1. The van der Waals surface area contributed by atoms with Gasteiger partial charge in [0.25, 0.3) is 0 Å². The average molecular weight is 446 g/mol. The summed E-state index contributed by atoms with van der Waals surface area (Å²) in [6.45, 7) is 5.86. The van der Waals surface area contributed by atoms with Crippen LogP contribution in [0.2, 0.25) is 0 Å². The van der Waals surface area contributed by atoms with Gasteiger partial charge in [-0.1, -0.05) is 35.9 Å². The fraction of sp³-hybridized carbons (Fsp3) is 0.375. The molecule has 2 aliphatic heterocycles. The third-order valence-corrected chi connectivity index (χ3v) is 6.40. The Balaban J connectivity index is 1.17. The van der Waals surface area contributed by atoms with Crippen molar-refractivity contribution in [3.05, 3.63) is 66.0 Å². The van der Waals surface area contributed by atoms with Crippen LogP contribution in [0, 0.1) is 12.8 Å². The SMILES string of the molecule is Cc1ccc(N2CC(C(=O)N3CCN(Cc4nnnn4-c4ccccc4)CC3)CC2=O)cc1. The second kappa shape index (κ2) is 9.11. The summed E-state index contributed by atoms with van der Waals surface area (Å²) in [6, 6.07) is 17.7. The second-order valence-electron chi connectivity index (χ2n) is 8.68. The number of hydrogen-bond acceptors (Lipinski definition) is 6. The van der Waals surface area contributed by atoms with Crippen molar-refractivity contribution in [1.82, 2.24) is 30.0 Å². The molecule has 0 bridgehead atoms. The molecule has 0 saturated carbocycles. The molecule has 2 fully saturated rings. The molecule has 33 heavy (non-hydrogen) atoms. The lowest BCUT2D eigenvalue weighted by atomic mass is 10.1. The van der Waals surface area contributed by atoms with Crippen molar-refractivity contribution in [1.29, 1.82) is 0 Å². The van der Waals surface area contributed by atoms with Gasteiger partial charge in [0.05, 0.1) is 18.2 Å². The zero-order chi connectivity index (χ0) is 22.8. The molecule has 1 atom stereocenters. The Kier molecular flexibility index (Phi) is 5.87. The fourth-order valence-electron chi connectivity index (χ4n) is 4.51. The highest BCUT2D eigenvalue weighted by atomic mass is 16.2. The van der Waals surface area contributed by atoms with E-state index in [9.17, 15) is 9.59 Å². The van der Waals surface area contributed by atoms with Crippen LogP contribution in [0.1, 0.15) is 17.8 Å². The van der Waals surface area contributed by atoms with E-state index in [-0.39, 0.29) is 24.2 Å². The Labute approximate surface area is 192 Å². The van der Waals surface area contributed by atoms with Crippen molar-refractivity contribution in [3.8, 4) is 5.69 Å². The highest BCUT2D eigenvalue weighted by Crippen LogP contribution is 2.27. The normalized spacial score (nSPS) is 19.3. The molecule has 1 unspecified atom stereocenters. The lowest BCUT2D eigenvalue weighted by molar-refractivity contribution is -0.137. The molecule has 3 aromatic rings. The zero-order valence-electron chi connectivity index (χ0n) is 18.7. The summed E-state index contributed by atoms with van der Waals surface area (Å²) in [6.07, 6.45) is 0.277. The van der Waals surface area contributed by atoms with Crippen molar-refractivity contribution < 1.29 is 9.59 Å². The van der Waals surface area contributed by atoms with Crippen LogP contribution < -0.4 is 4.90 Å². The highest BCUT2D eigenvalue weighted by Gasteiger charge is 2.38. The number of nitrogens with zero attached hydrogens (tertiary/aromatic N) is 7. The van der Waals surface area contributed by atoms with Crippen LogP contribution in [0.3, 0.4) is 0 Å². The summed E-state index contributed by atoms with van der Waals surface area (Å²) in [5, 5.41) is 12.1. The first-order valence-corrected chi connectivity index (χ1v) is 11.3. The summed E-state index contributed by atoms with van der Waals surface area (Å²) in [5.74, 6) is 0.585. The Morgan fingerprint density at radius 1 is 0.970 bits per heavy atom. The predicted molar refractivity (Wildman–Crippen MR) is 123 cm³/mol. The summed E-state index contributed by atoms with van der Waals surface area (Å²) >= 11 is 0. The van der Waals surface area contributed by atoms with Crippen LogP contribution >= 0.6 is 0 Å². The molecule has 0 radical (unpaired) electrons. The molecule has 2 saturated heterocycles. The number of piperazine rings is 1. The lowest BCUT2D eigenvalue weighted by Crippen LogP contribution is -2.50. The minimum absolute atomic E-state index is 0.0172. The molecule has 3 heterocycles. The molecule has 2 amide bonds. The van der Waals surface area contributed by atoms with Crippen LogP contribution in [0.15, 0.2) is 54.6 Å². The van der Waals surface area contributed by atoms with Crippen LogP contribution in [-0.4, -0.2) is 74.5 Å². The van der Waals surface area contributed by atoms with Gasteiger partial charge in [-0.15, -0.1) is 5.10 Å². The standard InChI is InChI=1S/C24H27N7O2/c1-18-7-9-20(10-8-18)30-16-19(15-23(30)32)24(33)29-13-11-28(12-14-29)17-22-25-26-27-31(22)21-5-3-2-4-6-21/h2-10,19H,11-17H2,1H3. The number of carbonyl (C=O) groups is 2. The smallest absolute Gasteiger partial charge is 0.228 e. The van der Waals surface area contributed by atoms with Gasteiger partial charge in [0.2, 0.25) is 11.8 Å².